The first-order valence-corrected chi connectivity index (χ1v) is 6.41. The average Bonchev–Trinajstić information content (AvgIpc) is 2.45. The SMILES string of the molecule is COCC(O)CN(C)C(=O)C=Cc1ccc(OC)c(F)c1. The Morgan fingerprint density at radius 2 is 2.19 bits per heavy atom. The molecule has 1 atom stereocenters. The van der Waals surface area contributed by atoms with E-state index in [2.05, 4.69) is 0 Å². The van der Waals surface area contributed by atoms with Crippen molar-refractivity contribution in [3.8, 4) is 5.75 Å². The number of benzene rings is 1. The zero-order chi connectivity index (χ0) is 15.8. The van der Waals surface area contributed by atoms with Gasteiger partial charge in [0.15, 0.2) is 11.6 Å². The molecule has 21 heavy (non-hydrogen) atoms. The second-order valence-corrected chi connectivity index (χ2v) is 4.56. The first-order valence-electron chi connectivity index (χ1n) is 6.41. The third-order valence-corrected chi connectivity index (χ3v) is 2.81. The van der Waals surface area contributed by atoms with Crippen molar-refractivity contribution in [1.82, 2.24) is 4.90 Å². The fraction of sp³-hybridized carbons (Fsp3) is 0.400. The van der Waals surface area contributed by atoms with Crippen LogP contribution in [0.4, 0.5) is 4.39 Å². The van der Waals surface area contributed by atoms with Crippen LogP contribution in [0, 0.1) is 5.82 Å². The first kappa shape index (κ1) is 17.1. The molecule has 0 radical (unpaired) electrons. The van der Waals surface area contributed by atoms with Crippen LogP contribution in [0.15, 0.2) is 24.3 Å². The van der Waals surface area contributed by atoms with Gasteiger partial charge in [-0.05, 0) is 23.8 Å². The Bertz CT molecular complexity index is 504. The number of carbonyl (C=O) groups excluding carboxylic acids is 1. The van der Waals surface area contributed by atoms with Crippen LogP contribution in [0.25, 0.3) is 6.08 Å². The van der Waals surface area contributed by atoms with Crippen molar-refractivity contribution in [2.24, 2.45) is 0 Å². The second-order valence-electron chi connectivity index (χ2n) is 4.56. The highest BCUT2D eigenvalue weighted by atomic mass is 19.1. The number of amides is 1. The van der Waals surface area contributed by atoms with Crippen LogP contribution in [0.5, 0.6) is 5.75 Å². The van der Waals surface area contributed by atoms with E-state index in [0.29, 0.717) is 5.56 Å². The zero-order valence-corrected chi connectivity index (χ0v) is 12.4. The predicted octanol–water partition coefficient (Wildman–Crippen LogP) is 1.31. The molecular formula is C15H20FNO4. The molecule has 1 N–H and O–H groups in total. The molecule has 1 aromatic rings. The molecule has 0 saturated heterocycles. The number of methoxy groups -OCH3 is 2. The van der Waals surface area contributed by atoms with Crippen LogP contribution in [0.3, 0.4) is 0 Å². The van der Waals surface area contributed by atoms with Crippen LogP contribution in [-0.2, 0) is 9.53 Å². The Balaban J connectivity index is 2.63. The van der Waals surface area contributed by atoms with Crippen LogP contribution in [-0.4, -0.2) is 56.4 Å². The molecule has 0 fully saturated rings. The van der Waals surface area contributed by atoms with Crippen molar-refractivity contribution in [3.05, 3.63) is 35.7 Å². The van der Waals surface area contributed by atoms with Gasteiger partial charge in [-0.1, -0.05) is 6.07 Å². The summed E-state index contributed by atoms with van der Waals surface area (Å²) in [6.07, 6.45) is 2.08. The summed E-state index contributed by atoms with van der Waals surface area (Å²) >= 11 is 0. The number of aliphatic hydroxyl groups is 1. The Hall–Kier alpha value is -1.92. The summed E-state index contributed by atoms with van der Waals surface area (Å²) in [6, 6.07) is 4.42. The number of likely N-dealkylation sites (N-methyl/N-ethyl adjacent to an activating group) is 1. The molecule has 5 nitrogen and oxygen atoms in total. The minimum absolute atomic E-state index is 0.151. The highest BCUT2D eigenvalue weighted by Crippen LogP contribution is 2.18. The summed E-state index contributed by atoms with van der Waals surface area (Å²) in [5.41, 5.74) is 0.549. The first-order chi connectivity index (χ1) is 9.97. The van der Waals surface area contributed by atoms with E-state index in [1.807, 2.05) is 0 Å². The number of ether oxygens (including phenoxy) is 2. The van der Waals surface area contributed by atoms with E-state index >= 15 is 0 Å². The predicted molar refractivity (Wildman–Crippen MR) is 77.5 cm³/mol. The number of nitrogens with zero attached hydrogens (tertiary/aromatic N) is 1. The van der Waals surface area contributed by atoms with Crippen LogP contribution in [0.2, 0.25) is 0 Å². The fourth-order valence-electron chi connectivity index (χ4n) is 1.73. The molecule has 0 aliphatic rings. The maximum atomic E-state index is 13.5. The summed E-state index contributed by atoms with van der Waals surface area (Å²) in [4.78, 5) is 13.2. The Morgan fingerprint density at radius 3 is 2.76 bits per heavy atom. The van der Waals surface area contributed by atoms with Gasteiger partial charge in [0.25, 0.3) is 0 Å². The average molecular weight is 297 g/mol. The van der Waals surface area contributed by atoms with E-state index in [9.17, 15) is 14.3 Å². The highest BCUT2D eigenvalue weighted by Gasteiger charge is 2.11. The van der Waals surface area contributed by atoms with Gasteiger partial charge in [0.2, 0.25) is 5.91 Å². The largest absolute Gasteiger partial charge is 0.494 e. The highest BCUT2D eigenvalue weighted by molar-refractivity contribution is 5.91. The number of hydrogen-bond donors (Lipinski definition) is 1. The van der Waals surface area contributed by atoms with Gasteiger partial charge in [0.05, 0.1) is 19.8 Å². The number of hydrogen-bond acceptors (Lipinski definition) is 4. The molecule has 0 bridgehead atoms. The van der Waals surface area contributed by atoms with Gasteiger partial charge < -0.3 is 19.5 Å². The molecular weight excluding hydrogens is 277 g/mol. The second kappa shape index (κ2) is 8.39. The lowest BCUT2D eigenvalue weighted by atomic mass is 10.2. The molecule has 0 saturated carbocycles. The van der Waals surface area contributed by atoms with Crippen LogP contribution >= 0.6 is 0 Å². The van der Waals surface area contributed by atoms with Crippen molar-refractivity contribution in [2.75, 3.05) is 34.4 Å². The fourth-order valence-corrected chi connectivity index (χ4v) is 1.73. The summed E-state index contributed by atoms with van der Waals surface area (Å²) in [5.74, 6) is -0.629. The Labute approximate surface area is 123 Å². The minimum Gasteiger partial charge on any atom is -0.494 e. The quantitative estimate of drug-likeness (QED) is 0.771. The molecule has 6 heteroatoms. The van der Waals surface area contributed by atoms with Gasteiger partial charge in [-0.2, -0.15) is 0 Å². The molecule has 1 amide bonds. The monoisotopic (exact) mass is 297 g/mol. The van der Waals surface area contributed by atoms with E-state index in [-0.39, 0.29) is 24.8 Å². The van der Waals surface area contributed by atoms with Gasteiger partial charge in [-0.3, -0.25) is 4.79 Å². The van der Waals surface area contributed by atoms with Gasteiger partial charge >= 0.3 is 0 Å². The summed E-state index contributed by atoms with van der Waals surface area (Å²) in [5, 5.41) is 9.54. The summed E-state index contributed by atoms with van der Waals surface area (Å²) in [6.45, 7) is 0.318. The lowest BCUT2D eigenvalue weighted by Gasteiger charge is -2.18. The molecule has 0 aliphatic carbocycles. The van der Waals surface area contributed by atoms with Gasteiger partial charge in [0, 0.05) is 26.8 Å². The molecule has 0 aromatic heterocycles. The molecule has 116 valence electrons. The summed E-state index contributed by atoms with van der Waals surface area (Å²) in [7, 11) is 4.43. The van der Waals surface area contributed by atoms with Crippen molar-refractivity contribution in [3.63, 3.8) is 0 Å². The van der Waals surface area contributed by atoms with Crippen molar-refractivity contribution >= 4 is 12.0 Å². The van der Waals surface area contributed by atoms with Crippen LogP contribution in [0.1, 0.15) is 5.56 Å². The van der Waals surface area contributed by atoms with Crippen molar-refractivity contribution in [1.29, 1.82) is 0 Å². The topological polar surface area (TPSA) is 59.0 Å². The van der Waals surface area contributed by atoms with E-state index < -0.39 is 11.9 Å². The number of carbonyl (C=O) groups is 1. The summed E-state index contributed by atoms with van der Waals surface area (Å²) < 4.78 is 23.1. The lowest BCUT2D eigenvalue weighted by molar-refractivity contribution is -0.126. The third-order valence-electron chi connectivity index (χ3n) is 2.81. The maximum Gasteiger partial charge on any atom is 0.246 e. The smallest absolute Gasteiger partial charge is 0.246 e. The molecule has 1 unspecified atom stereocenters. The van der Waals surface area contributed by atoms with E-state index in [4.69, 9.17) is 9.47 Å². The molecule has 0 spiro atoms. The molecule has 0 heterocycles. The normalized spacial score (nSPS) is 12.4. The third kappa shape index (κ3) is 5.53. The van der Waals surface area contributed by atoms with Crippen LogP contribution < -0.4 is 4.74 Å². The van der Waals surface area contributed by atoms with Crippen molar-refractivity contribution in [2.45, 2.75) is 6.10 Å². The van der Waals surface area contributed by atoms with Gasteiger partial charge in [-0.15, -0.1) is 0 Å². The lowest BCUT2D eigenvalue weighted by Crippen LogP contribution is -2.35. The number of halogens is 1. The standard InChI is InChI=1S/C15H20FNO4/c1-17(9-12(18)10-20-2)15(19)7-5-11-4-6-14(21-3)13(16)8-11/h4-8,12,18H,9-10H2,1-3H3. The zero-order valence-electron chi connectivity index (χ0n) is 12.4. The van der Waals surface area contributed by atoms with Crippen molar-refractivity contribution < 1.29 is 23.8 Å². The van der Waals surface area contributed by atoms with Gasteiger partial charge in [-0.25, -0.2) is 4.39 Å². The van der Waals surface area contributed by atoms with E-state index in [0.717, 1.165) is 0 Å². The molecule has 0 aliphatic heterocycles. The van der Waals surface area contributed by atoms with E-state index in [1.165, 1.54) is 43.4 Å². The molecule has 1 aromatic carbocycles. The van der Waals surface area contributed by atoms with Gasteiger partial charge in [0.1, 0.15) is 0 Å². The maximum absolute atomic E-state index is 13.5. The molecule has 1 rings (SSSR count). The number of aliphatic hydroxyl groups excluding tert-OH is 1. The Morgan fingerprint density at radius 1 is 1.48 bits per heavy atom. The van der Waals surface area contributed by atoms with E-state index in [1.54, 1.807) is 13.1 Å². The minimum atomic E-state index is -0.740. The Kier molecular flexibility index (Phi) is 6.84. The number of rotatable bonds is 7.